The van der Waals surface area contributed by atoms with Gasteiger partial charge in [-0.3, -0.25) is 0 Å². The Bertz CT molecular complexity index is 362. The normalized spacial score (nSPS) is 19.1. The van der Waals surface area contributed by atoms with Crippen molar-refractivity contribution < 1.29 is 9.21 Å². The Morgan fingerprint density at radius 2 is 2.44 bits per heavy atom. The van der Waals surface area contributed by atoms with Crippen molar-refractivity contribution in [2.75, 3.05) is 13.1 Å². The lowest BCUT2D eigenvalue weighted by Gasteiger charge is -2.22. The molecule has 1 unspecified atom stereocenters. The lowest BCUT2D eigenvalue weighted by atomic mass is 9.93. The molecular weight excluding hydrogens is 206 g/mol. The first-order valence-corrected chi connectivity index (χ1v) is 5.60. The summed E-state index contributed by atoms with van der Waals surface area (Å²) < 4.78 is 5.40. The van der Waals surface area contributed by atoms with Crippen molar-refractivity contribution in [3.8, 4) is 0 Å². The number of hydrogen-bond donors (Lipinski definition) is 3. The lowest BCUT2D eigenvalue weighted by Crippen LogP contribution is -2.36. The Hall–Kier alpha value is -1.49. The van der Waals surface area contributed by atoms with Gasteiger partial charge in [0.05, 0.1) is 6.26 Å². The zero-order chi connectivity index (χ0) is 11.4. The van der Waals surface area contributed by atoms with Gasteiger partial charge >= 0.3 is 6.03 Å². The molecule has 0 saturated carbocycles. The third-order valence-electron chi connectivity index (χ3n) is 2.87. The Balaban J connectivity index is 1.81. The van der Waals surface area contributed by atoms with Gasteiger partial charge < -0.3 is 20.8 Å². The topological polar surface area (TPSA) is 80.3 Å². The summed E-state index contributed by atoms with van der Waals surface area (Å²) in [6.45, 7) is 1.28. The van der Waals surface area contributed by atoms with Crippen molar-refractivity contribution in [2.45, 2.75) is 25.3 Å². The Morgan fingerprint density at radius 1 is 1.56 bits per heavy atom. The summed E-state index contributed by atoms with van der Waals surface area (Å²) in [5.41, 5.74) is 6.23. The van der Waals surface area contributed by atoms with Gasteiger partial charge in [-0.25, -0.2) is 4.79 Å². The van der Waals surface area contributed by atoms with Crippen LogP contribution in [0.4, 0.5) is 4.79 Å². The molecule has 0 spiro atoms. The quantitative estimate of drug-likeness (QED) is 0.664. The number of carbonyl (C=O) groups is 1. The first-order valence-electron chi connectivity index (χ1n) is 5.60. The van der Waals surface area contributed by atoms with E-state index in [1.165, 1.54) is 5.56 Å². The molecule has 0 fully saturated rings. The van der Waals surface area contributed by atoms with Gasteiger partial charge in [-0.05, 0) is 18.9 Å². The Labute approximate surface area is 94.4 Å². The number of nitrogens with one attached hydrogen (secondary N) is 2. The number of aryl methyl sites for hydroxylation is 1. The fraction of sp³-hybridized carbons (Fsp3) is 0.545. The molecule has 4 N–H and O–H groups in total. The van der Waals surface area contributed by atoms with Crippen LogP contribution < -0.4 is 16.4 Å². The minimum absolute atomic E-state index is 0.345. The van der Waals surface area contributed by atoms with Crippen molar-refractivity contribution in [2.24, 2.45) is 5.73 Å². The highest BCUT2D eigenvalue weighted by Crippen LogP contribution is 2.29. The second-order valence-corrected chi connectivity index (χ2v) is 3.99. The first-order chi connectivity index (χ1) is 7.77. The Kier molecular flexibility index (Phi) is 3.46. The predicted octanol–water partition coefficient (Wildman–Crippen LogP) is 0.915. The highest BCUT2D eigenvalue weighted by Gasteiger charge is 2.21. The van der Waals surface area contributed by atoms with Gasteiger partial charge in [0.1, 0.15) is 5.76 Å². The van der Waals surface area contributed by atoms with E-state index in [2.05, 4.69) is 10.6 Å². The van der Waals surface area contributed by atoms with Gasteiger partial charge in [-0.15, -0.1) is 0 Å². The number of furan rings is 1. The van der Waals surface area contributed by atoms with E-state index in [1.54, 1.807) is 6.26 Å². The van der Waals surface area contributed by atoms with E-state index in [4.69, 9.17) is 10.2 Å². The van der Waals surface area contributed by atoms with Gasteiger partial charge in [0.15, 0.2) is 0 Å². The summed E-state index contributed by atoms with van der Waals surface area (Å²) in [7, 11) is 0. The maximum absolute atomic E-state index is 10.5. The van der Waals surface area contributed by atoms with E-state index in [1.807, 2.05) is 6.07 Å². The fourth-order valence-corrected chi connectivity index (χ4v) is 2.13. The summed E-state index contributed by atoms with van der Waals surface area (Å²) in [5.74, 6) is 1.09. The second kappa shape index (κ2) is 5.03. The lowest BCUT2D eigenvalue weighted by molar-refractivity contribution is 0.248. The number of hydrogen-bond acceptors (Lipinski definition) is 3. The van der Waals surface area contributed by atoms with E-state index < -0.39 is 6.03 Å². The minimum Gasteiger partial charge on any atom is -0.469 e. The minimum atomic E-state index is -0.477. The third kappa shape index (κ3) is 2.55. The van der Waals surface area contributed by atoms with Crippen molar-refractivity contribution >= 4 is 6.03 Å². The molecule has 2 amide bonds. The second-order valence-electron chi connectivity index (χ2n) is 3.99. The smallest absolute Gasteiger partial charge is 0.312 e. The van der Waals surface area contributed by atoms with Crippen LogP contribution in [0.1, 0.15) is 30.2 Å². The Morgan fingerprint density at radius 3 is 3.25 bits per heavy atom. The van der Waals surface area contributed by atoms with Gasteiger partial charge in [-0.2, -0.15) is 0 Å². The predicted molar refractivity (Wildman–Crippen MR) is 60.0 cm³/mol. The molecule has 16 heavy (non-hydrogen) atoms. The molecule has 5 nitrogen and oxygen atoms in total. The van der Waals surface area contributed by atoms with Crippen LogP contribution in [0.5, 0.6) is 0 Å². The van der Waals surface area contributed by atoms with Gasteiger partial charge in [0.2, 0.25) is 0 Å². The van der Waals surface area contributed by atoms with Gasteiger partial charge in [0, 0.05) is 31.1 Å². The van der Waals surface area contributed by atoms with Crippen molar-refractivity contribution in [3.63, 3.8) is 0 Å². The van der Waals surface area contributed by atoms with Crippen LogP contribution in [0.3, 0.4) is 0 Å². The molecule has 0 aliphatic heterocycles. The summed E-state index contributed by atoms with van der Waals surface area (Å²) in [6.07, 6.45) is 5.02. The standard InChI is InChI=1S/C11H17N3O2/c12-11(15)14-6-5-13-9-2-1-3-10-8(9)4-7-16-10/h4,7,9,13H,1-3,5-6H2,(H3,12,14,15). The summed E-state index contributed by atoms with van der Waals surface area (Å²) in [5, 5.41) is 5.94. The maximum atomic E-state index is 10.5. The van der Waals surface area contributed by atoms with Crippen LogP contribution in [-0.2, 0) is 6.42 Å². The van der Waals surface area contributed by atoms with Crippen molar-refractivity contribution in [1.82, 2.24) is 10.6 Å². The number of urea groups is 1. The van der Waals surface area contributed by atoms with Crippen LogP contribution in [0, 0.1) is 0 Å². The molecule has 1 aromatic rings. The molecule has 88 valence electrons. The molecule has 2 rings (SSSR count). The zero-order valence-electron chi connectivity index (χ0n) is 9.16. The van der Waals surface area contributed by atoms with E-state index in [-0.39, 0.29) is 0 Å². The van der Waals surface area contributed by atoms with Crippen molar-refractivity contribution in [3.05, 3.63) is 23.7 Å². The molecule has 1 atom stereocenters. The van der Waals surface area contributed by atoms with Gasteiger partial charge in [0.25, 0.3) is 0 Å². The van der Waals surface area contributed by atoms with E-state index in [0.29, 0.717) is 12.6 Å². The average molecular weight is 223 g/mol. The molecule has 0 radical (unpaired) electrons. The van der Waals surface area contributed by atoms with Crippen molar-refractivity contribution in [1.29, 1.82) is 0 Å². The van der Waals surface area contributed by atoms with E-state index in [9.17, 15) is 4.79 Å². The monoisotopic (exact) mass is 223 g/mol. The molecule has 1 aliphatic rings. The van der Waals surface area contributed by atoms with Gasteiger partial charge in [-0.1, -0.05) is 0 Å². The van der Waals surface area contributed by atoms with Crippen LogP contribution in [0.15, 0.2) is 16.7 Å². The molecule has 1 aromatic heterocycles. The summed E-state index contributed by atoms with van der Waals surface area (Å²) >= 11 is 0. The number of primary amides is 1. The molecule has 1 aliphatic carbocycles. The highest BCUT2D eigenvalue weighted by atomic mass is 16.3. The molecule has 0 aromatic carbocycles. The molecular formula is C11H17N3O2. The number of carbonyl (C=O) groups excluding carboxylic acids is 1. The average Bonchev–Trinajstić information content (AvgIpc) is 2.72. The van der Waals surface area contributed by atoms with Crippen LogP contribution in [-0.4, -0.2) is 19.1 Å². The van der Waals surface area contributed by atoms with E-state index >= 15 is 0 Å². The number of fused-ring (bicyclic) bond motifs is 1. The van der Waals surface area contributed by atoms with E-state index in [0.717, 1.165) is 31.6 Å². The highest BCUT2D eigenvalue weighted by molar-refractivity contribution is 5.71. The van der Waals surface area contributed by atoms with Crippen LogP contribution in [0.25, 0.3) is 0 Å². The number of nitrogens with two attached hydrogens (primary N) is 1. The molecule has 5 heteroatoms. The first kappa shape index (κ1) is 11.0. The fourth-order valence-electron chi connectivity index (χ4n) is 2.13. The molecule has 0 saturated heterocycles. The molecule has 1 heterocycles. The van der Waals surface area contributed by atoms with Crippen LogP contribution in [0.2, 0.25) is 0 Å². The number of amides is 2. The maximum Gasteiger partial charge on any atom is 0.312 e. The number of rotatable bonds is 4. The zero-order valence-corrected chi connectivity index (χ0v) is 9.16. The van der Waals surface area contributed by atoms with Crippen LogP contribution >= 0.6 is 0 Å². The molecule has 0 bridgehead atoms. The summed E-state index contributed by atoms with van der Waals surface area (Å²) in [4.78, 5) is 10.5. The largest absolute Gasteiger partial charge is 0.469 e. The summed E-state index contributed by atoms with van der Waals surface area (Å²) in [6, 6.07) is 1.89. The SMILES string of the molecule is NC(=O)NCCNC1CCCc2occc21. The third-order valence-corrected chi connectivity index (χ3v) is 2.87.